The van der Waals surface area contributed by atoms with E-state index in [1.54, 1.807) is 4.90 Å². The molecule has 0 spiro atoms. The number of aliphatic carboxylic acids is 1. The van der Waals surface area contributed by atoms with Gasteiger partial charge in [0.1, 0.15) is 11.6 Å². The third-order valence-electron chi connectivity index (χ3n) is 5.29. The summed E-state index contributed by atoms with van der Waals surface area (Å²) in [5.41, 5.74) is 0.270. The van der Waals surface area contributed by atoms with Gasteiger partial charge in [-0.2, -0.15) is 0 Å². The Morgan fingerprint density at radius 2 is 1.81 bits per heavy atom. The number of hydrogen-bond donors (Lipinski definition) is 1. The summed E-state index contributed by atoms with van der Waals surface area (Å²) in [6.45, 7) is 0.690. The van der Waals surface area contributed by atoms with E-state index in [1.165, 1.54) is 25.3 Å². The van der Waals surface area contributed by atoms with E-state index in [9.17, 15) is 19.1 Å². The zero-order valence-electron chi connectivity index (χ0n) is 15.2. The van der Waals surface area contributed by atoms with E-state index in [-0.39, 0.29) is 12.3 Å². The smallest absolute Gasteiger partial charge is 0.314 e. The highest BCUT2D eigenvalue weighted by Gasteiger charge is 2.43. The second kappa shape index (κ2) is 7.78. The molecule has 142 valence electrons. The number of carboxylic acid groups (broad SMARTS) is 1. The first-order valence-electron chi connectivity index (χ1n) is 8.85. The molecule has 3 rings (SSSR count). The molecule has 5 nitrogen and oxygen atoms in total. The zero-order valence-corrected chi connectivity index (χ0v) is 15.2. The normalized spacial score (nSPS) is 16.0. The molecular weight excluding hydrogens is 349 g/mol. The summed E-state index contributed by atoms with van der Waals surface area (Å²) in [5, 5.41) is 9.84. The van der Waals surface area contributed by atoms with Crippen molar-refractivity contribution in [2.24, 2.45) is 0 Å². The van der Waals surface area contributed by atoms with Crippen molar-refractivity contribution in [2.45, 2.75) is 24.7 Å². The highest BCUT2D eigenvalue weighted by atomic mass is 19.1. The molecule has 0 unspecified atom stereocenters. The molecule has 1 aliphatic rings. The van der Waals surface area contributed by atoms with Crippen LogP contribution >= 0.6 is 0 Å². The second-order valence-corrected chi connectivity index (χ2v) is 6.77. The Morgan fingerprint density at radius 1 is 1.15 bits per heavy atom. The Morgan fingerprint density at radius 3 is 2.41 bits per heavy atom. The third-order valence-corrected chi connectivity index (χ3v) is 5.29. The van der Waals surface area contributed by atoms with Crippen LogP contribution in [0.15, 0.2) is 48.5 Å². The summed E-state index contributed by atoms with van der Waals surface area (Å²) in [7, 11) is 1.48. The van der Waals surface area contributed by atoms with Gasteiger partial charge in [0.15, 0.2) is 0 Å². The van der Waals surface area contributed by atoms with Crippen molar-refractivity contribution < 1.29 is 23.8 Å². The monoisotopic (exact) mass is 371 g/mol. The van der Waals surface area contributed by atoms with Crippen LogP contribution in [0.3, 0.4) is 0 Å². The maximum absolute atomic E-state index is 13.5. The maximum Gasteiger partial charge on any atom is 0.314 e. The highest BCUT2D eigenvalue weighted by molar-refractivity contribution is 5.83. The minimum atomic E-state index is -0.978. The van der Waals surface area contributed by atoms with Crippen LogP contribution in [0.25, 0.3) is 0 Å². The molecule has 0 radical (unpaired) electrons. The standard InChI is InChI=1S/C21H22FNO4/c1-27-18-8-7-17(22)13-15(18)14-19(24)23-11-9-21(10-12-23,20(25)26)16-5-3-2-4-6-16/h2-8,13H,9-12,14H2,1H3,(H,25,26). The number of benzene rings is 2. The molecule has 0 atom stereocenters. The van der Waals surface area contributed by atoms with Crippen molar-refractivity contribution in [3.63, 3.8) is 0 Å². The molecule has 1 N–H and O–H groups in total. The Kier molecular flexibility index (Phi) is 5.44. The van der Waals surface area contributed by atoms with E-state index in [0.717, 1.165) is 5.56 Å². The first-order chi connectivity index (χ1) is 13.0. The number of carbonyl (C=O) groups is 2. The molecule has 6 heteroatoms. The predicted molar refractivity (Wildman–Crippen MR) is 98.2 cm³/mol. The number of methoxy groups -OCH3 is 1. The summed E-state index contributed by atoms with van der Waals surface area (Å²) in [4.78, 5) is 26.3. The zero-order chi connectivity index (χ0) is 19.4. The van der Waals surface area contributed by atoms with Crippen LogP contribution in [0.4, 0.5) is 4.39 Å². The fourth-order valence-corrected chi connectivity index (χ4v) is 3.68. The van der Waals surface area contributed by atoms with E-state index in [2.05, 4.69) is 0 Å². The van der Waals surface area contributed by atoms with Crippen LogP contribution in [-0.2, 0) is 21.4 Å². The highest BCUT2D eigenvalue weighted by Crippen LogP contribution is 2.36. The summed E-state index contributed by atoms with van der Waals surface area (Å²) >= 11 is 0. The van der Waals surface area contributed by atoms with E-state index in [0.29, 0.717) is 37.2 Å². The lowest BCUT2D eigenvalue weighted by Crippen LogP contribution is -2.49. The molecular formula is C21H22FNO4. The van der Waals surface area contributed by atoms with Crippen LogP contribution in [0.2, 0.25) is 0 Å². The quantitative estimate of drug-likeness (QED) is 0.877. The van der Waals surface area contributed by atoms with Gasteiger partial charge in [-0.1, -0.05) is 30.3 Å². The van der Waals surface area contributed by atoms with Crippen molar-refractivity contribution in [3.05, 3.63) is 65.5 Å². The Bertz CT molecular complexity index is 829. The molecule has 1 heterocycles. The molecule has 0 aromatic heterocycles. The van der Waals surface area contributed by atoms with E-state index >= 15 is 0 Å². The second-order valence-electron chi connectivity index (χ2n) is 6.77. The minimum absolute atomic E-state index is 0.0202. The summed E-state index contributed by atoms with van der Waals surface area (Å²) < 4.78 is 18.7. The molecule has 0 bridgehead atoms. The summed E-state index contributed by atoms with van der Waals surface area (Å²) in [6.07, 6.45) is 0.711. The van der Waals surface area contributed by atoms with Gasteiger partial charge in [0, 0.05) is 18.7 Å². The number of halogens is 1. The number of carbonyl (C=O) groups excluding carboxylic acids is 1. The van der Waals surface area contributed by atoms with Gasteiger partial charge in [0.05, 0.1) is 18.9 Å². The minimum Gasteiger partial charge on any atom is -0.496 e. The summed E-state index contributed by atoms with van der Waals surface area (Å²) in [6, 6.07) is 13.2. The fraction of sp³-hybridized carbons (Fsp3) is 0.333. The fourth-order valence-electron chi connectivity index (χ4n) is 3.68. The molecule has 27 heavy (non-hydrogen) atoms. The Hall–Kier alpha value is -2.89. The molecule has 2 aromatic carbocycles. The lowest BCUT2D eigenvalue weighted by molar-refractivity contribution is -0.148. The van der Waals surface area contributed by atoms with Gasteiger partial charge >= 0.3 is 5.97 Å². The van der Waals surface area contributed by atoms with E-state index in [1.807, 2.05) is 30.3 Å². The van der Waals surface area contributed by atoms with Crippen LogP contribution in [0.1, 0.15) is 24.0 Å². The van der Waals surface area contributed by atoms with Crippen LogP contribution in [-0.4, -0.2) is 42.1 Å². The average molecular weight is 371 g/mol. The number of hydrogen-bond acceptors (Lipinski definition) is 3. The van der Waals surface area contributed by atoms with Crippen LogP contribution in [0, 0.1) is 5.82 Å². The number of likely N-dealkylation sites (tertiary alicyclic amines) is 1. The molecule has 1 amide bonds. The number of piperidine rings is 1. The van der Waals surface area contributed by atoms with Crippen LogP contribution < -0.4 is 4.74 Å². The number of nitrogens with zero attached hydrogens (tertiary/aromatic N) is 1. The van der Waals surface area contributed by atoms with Crippen molar-refractivity contribution in [1.29, 1.82) is 0 Å². The van der Waals surface area contributed by atoms with Gasteiger partial charge < -0.3 is 14.7 Å². The lowest BCUT2D eigenvalue weighted by Gasteiger charge is -2.39. The van der Waals surface area contributed by atoms with Crippen molar-refractivity contribution >= 4 is 11.9 Å². The van der Waals surface area contributed by atoms with Gasteiger partial charge in [0.25, 0.3) is 0 Å². The average Bonchev–Trinajstić information content (AvgIpc) is 2.68. The lowest BCUT2D eigenvalue weighted by atomic mass is 9.73. The number of carboxylic acids is 1. The van der Waals surface area contributed by atoms with Crippen LogP contribution in [0.5, 0.6) is 5.75 Å². The molecule has 0 aliphatic carbocycles. The topological polar surface area (TPSA) is 66.8 Å². The number of amides is 1. The van der Waals surface area contributed by atoms with Gasteiger partial charge in [-0.25, -0.2) is 4.39 Å². The molecule has 1 fully saturated rings. The molecule has 1 aliphatic heterocycles. The Balaban J connectivity index is 1.72. The predicted octanol–water partition coefficient (Wildman–Crippen LogP) is 3.02. The van der Waals surface area contributed by atoms with Gasteiger partial charge in [-0.05, 0) is 36.6 Å². The number of ether oxygens (including phenoxy) is 1. The van der Waals surface area contributed by atoms with Gasteiger partial charge in [-0.15, -0.1) is 0 Å². The first-order valence-corrected chi connectivity index (χ1v) is 8.85. The van der Waals surface area contributed by atoms with Crippen molar-refractivity contribution in [2.75, 3.05) is 20.2 Å². The molecule has 1 saturated heterocycles. The van der Waals surface area contributed by atoms with Gasteiger partial charge in [-0.3, -0.25) is 9.59 Å². The SMILES string of the molecule is COc1ccc(F)cc1CC(=O)N1CCC(C(=O)O)(c2ccccc2)CC1. The number of rotatable bonds is 5. The van der Waals surface area contributed by atoms with E-state index in [4.69, 9.17) is 4.74 Å². The van der Waals surface area contributed by atoms with Crippen molar-refractivity contribution in [1.82, 2.24) is 4.90 Å². The summed E-state index contributed by atoms with van der Waals surface area (Å²) in [5.74, 6) is -0.990. The molecule has 2 aromatic rings. The maximum atomic E-state index is 13.5. The van der Waals surface area contributed by atoms with Gasteiger partial charge in [0.2, 0.25) is 5.91 Å². The third kappa shape index (κ3) is 3.79. The van der Waals surface area contributed by atoms with E-state index < -0.39 is 17.2 Å². The molecule has 0 saturated carbocycles. The largest absolute Gasteiger partial charge is 0.496 e. The first kappa shape index (κ1) is 18.9. The van der Waals surface area contributed by atoms with Crippen molar-refractivity contribution in [3.8, 4) is 5.75 Å². The Labute approximate surface area is 157 Å².